The zero-order chi connectivity index (χ0) is 13.5. The molecular weight excluding hydrogens is 236 g/mol. The van der Waals surface area contributed by atoms with E-state index in [1.807, 2.05) is 0 Å². The molecule has 5 heteroatoms. The first-order chi connectivity index (χ1) is 7.50. The summed E-state index contributed by atoms with van der Waals surface area (Å²) in [6.07, 6.45) is -4.83. The molecule has 0 aliphatic carbocycles. The predicted octanol–water partition coefficient (Wildman–Crippen LogP) is 3.62. The van der Waals surface area contributed by atoms with Gasteiger partial charge in [-0.2, -0.15) is 13.2 Å². The van der Waals surface area contributed by atoms with Gasteiger partial charge in [0.15, 0.2) is 5.60 Å². The first-order valence-corrected chi connectivity index (χ1v) is 5.05. The van der Waals surface area contributed by atoms with Crippen LogP contribution in [0.1, 0.15) is 26.3 Å². The Labute approximate surface area is 97.1 Å². The van der Waals surface area contributed by atoms with Crippen molar-refractivity contribution in [1.82, 2.24) is 0 Å². The van der Waals surface area contributed by atoms with Gasteiger partial charge in [-0.25, -0.2) is 4.39 Å². The highest BCUT2D eigenvalue weighted by molar-refractivity contribution is 5.27. The molecule has 1 aromatic carbocycles. The van der Waals surface area contributed by atoms with Gasteiger partial charge in [-0.05, 0) is 17.7 Å². The number of hydrogen-bond donors (Lipinski definition) is 1. The molecule has 0 aliphatic rings. The number of benzene rings is 1. The Hall–Kier alpha value is -1.10. The fourth-order valence-electron chi connectivity index (χ4n) is 1.71. The third kappa shape index (κ3) is 2.29. The van der Waals surface area contributed by atoms with Crippen molar-refractivity contribution in [2.45, 2.75) is 32.5 Å². The summed E-state index contributed by atoms with van der Waals surface area (Å²) in [6.45, 7) is 3.84. The van der Waals surface area contributed by atoms with E-state index in [2.05, 4.69) is 0 Å². The normalized spacial score (nSPS) is 16.7. The van der Waals surface area contributed by atoms with Crippen LogP contribution in [0.5, 0.6) is 0 Å². The first-order valence-electron chi connectivity index (χ1n) is 5.05. The van der Waals surface area contributed by atoms with Crippen LogP contribution >= 0.6 is 0 Å². The molecule has 0 saturated carbocycles. The van der Waals surface area contributed by atoms with Crippen LogP contribution in [0.15, 0.2) is 24.3 Å². The highest BCUT2D eigenvalue weighted by Gasteiger charge is 2.61. The fraction of sp³-hybridized carbons (Fsp3) is 0.500. The van der Waals surface area contributed by atoms with E-state index in [1.54, 1.807) is 0 Å². The zero-order valence-corrected chi connectivity index (χ0v) is 9.77. The Morgan fingerprint density at radius 3 is 1.65 bits per heavy atom. The number of halogens is 4. The molecule has 0 aliphatic heterocycles. The summed E-state index contributed by atoms with van der Waals surface area (Å²) >= 11 is 0. The lowest BCUT2D eigenvalue weighted by atomic mass is 9.71. The average Bonchev–Trinajstić information content (AvgIpc) is 2.14. The van der Waals surface area contributed by atoms with Crippen LogP contribution in [0.3, 0.4) is 0 Å². The standard InChI is InChI=1S/C12H14F4O/c1-10(2,3)11(17,12(14,15)16)8-4-6-9(13)7-5-8/h4-7,17H,1-3H3. The summed E-state index contributed by atoms with van der Waals surface area (Å²) in [5.41, 5.74) is -4.82. The van der Waals surface area contributed by atoms with Crippen molar-refractivity contribution in [3.8, 4) is 0 Å². The monoisotopic (exact) mass is 250 g/mol. The second-order valence-corrected chi connectivity index (χ2v) is 4.97. The van der Waals surface area contributed by atoms with E-state index in [0.717, 1.165) is 24.3 Å². The molecule has 0 aromatic heterocycles. The number of hydrogen-bond acceptors (Lipinski definition) is 1. The van der Waals surface area contributed by atoms with Gasteiger partial charge in [0, 0.05) is 5.41 Å². The van der Waals surface area contributed by atoms with Gasteiger partial charge >= 0.3 is 6.18 Å². The first kappa shape index (κ1) is 14.0. The van der Waals surface area contributed by atoms with Crippen LogP contribution in [0.2, 0.25) is 0 Å². The molecule has 1 N–H and O–H groups in total. The van der Waals surface area contributed by atoms with Crippen LogP contribution in [-0.4, -0.2) is 11.3 Å². The maximum atomic E-state index is 13.0. The summed E-state index contributed by atoms with van der Waals surface area (Å²) < 4.78 is 51.8. The Morgan fingerprint density at radius 2 is 1.35 bits per heavy atom. The fourth-order valence-corrected chi connectivity index (χ4v) is 1.71. The molecule has 1 rings (SSSR count). The quantitative estimate of drug-likeness (QED) is 0.755. The van der Waals surface area contributed by atoms with Crippen LogP contribution in [0, 0.1) is 11.2 Å². The van der Waals surface area contributed by atoms with Crippen molar-refractivity contribution < 1.29 is 22.7 Å². The lowest BCUT2D eigenvalue weighted by molar-refractivity contribution is -0.302. The van der Waals surface area contributed by atoms with E-state index in [-0.39, 0.29) is 5.56 Å². The SMILES string of the molecule is CC(C)(C)C(O)(c1ccc(F)cc1)C(F)(F)F. The maximum absolute atomic E-state index is 13.0. The highest BCUT2D eigenvalue weighted by atomic mass is 19.4. The summed E-state index contributed by atoms with van der Waals surface area (Å²) in [6, 6.07) is 3.71. The van der Waals surface area contributed by atoms with Gasteiger partial charge in [0.2, 0.25) is 0 Å². The molecular formula is C12H14F4O. The van der Waals surface area contributed by atoms with Crippen LogP contribution < -0.4 is 0 Å². The molecule has 17 heavy (non-hydrogen) atoms. The molecule has 1 atom stereocenters. The van der Waals surface area contributed by atoms with E-state index in [1.165, 1.54) is 20.8 Å². The average molecular weight is 250 g/mol. The summed E-state index contributed by atoms with van der Waals surface area (Å²) in [7, 11) is 0. The van der Waals surface area contributed by atoms with Gasteiger partial charge < -0.3 is 5.11 Å². The molecule has 96 valence electrons. The summed E-state index contributed by atoms with van der Waals surface area (Å²) in [4.78, 5) is 0. The van der Waals surface area contributed by atoms with Gasteiger partial charge in [0.25, 0.3) is 0 Å². The molecule has 0 radical (unpaired) electrons. The van der Waals surface area contributed by atoms with E-state index >= 15 is 0 Å². The number of alkyl halides is 3. The number of aliphatic hydroxyl groups is 1. The Balaban J connectivity index is 3.41. The highest BCUT2D eigenvalue weighted by Crippen LogP contribution is 2.50. The van der Waals surface area contributed by atoms with E-state index < -0.39 is 23.0 Å². The topological polar surface area (TPSA) is 20.2 Å². The number of rotatable bonds is 1. The lowest BCUT2D eigenvalue weighted by Gasteiger charge is -2.41. The smallest absolute Gasteiger partial charge is 0.376 e. The third-order valence-electron chi connectivity index (χ3n) is 2.76. The van der Waals surface area contributed by atoms with Crippen molar-refractivity contribution in [3.63, 3.8) is 0 Å². The van der Waals surface area contributed by atoms with E-state index in [0.29, 0.717) is 0 Å². The van der Waals surface area contributed by atoms with Crippen molar-refractivity contribution in [2.75, 3.05) is 0 Å². The van der Waals surface area contributed by atoms with Crippen molar-refractivity contribution in [1.29, 1.82) is 0 Å². The van der Waals surface area contributed by atoms with Crippen molar-refractivity contribution >= 4 is 0 Å². The van der Waals surface area contributed by atoms with Crippen LogP contribution in [-0.2, 0) is 5.60 Å². The molecule has 0 saturated heterocycles. The Kier molecular flexibility index (Phi) is 3.27. The molecule has 0 amide bonds. The predicted molar refractivity (Wildman–Crippen MR) is 55.8 cm³/mol. The maximum Gasteiger partial charge on any atom is 0.421 e. The largest absolute Gasteiger partial charge is 0.421 e. The lowest BCUT2D eigenvalue weighted by Crippen LogP contribution is -2.52. The summed E-state index contributed by atoms with van der Waals surface area (Å²) in [5, 5.41) is 10.00. The molecule has 1 aromatic rings. The van der Waals surface area contributed by atoms with Gasteiger partial charge in [-0.15, -0.1) is 0 Å². The van der Waals surface area contributed by atoms with Gasteiger partial charge in [0.05, 0.1) is 0 Å². The van der Waals surface area contributed by atoms with Gasteiger partial charge in [0.1, 0.15) is 5.82 Å². The molecule has 0 spiro atoms. The Morgan fingerprint density at radius 1 is 0.941 bits per heavy atom. The van der Waals surface area contributed by atoms with E-state index in [9.17, 15) is 22.7 Å². The summed E-state index contributed by atoms with van der Waals surface area (Å²) in [5.74, 6) is -0.646. The Bertz CT molecular complexity index is 372. The molecule has 0 heterocycles. The van der Waals surface area contributed by atoms with Gasteiger partial charge in [-0.3, -0.25) is 0 Å². The minimum atomic E-state index is -4.83. The van der Waals surface area contributed by atoms with Gasteiger partial charge in [-0.1, -0.05) is 32.9 Å². The molecule has 1 unspecified atom stereocenters. The van der Waals surface area contributed by atoms with Crippen LogP contribution in [0.25, 0.3) is 0 Å². The second-order valence-electron chi connectivity index (χ2n) is 4.97. The van der Waals surface area contributed by atoms with Crippen molar-refractivity contribution in [2.24, 2.45) is 5.41 Å². The van der Waals surface area contributed by atoms with E-state index in [4.69, 9.17) is 0 Å². The van der Waals surface area contributed by atoms with Crippen LogP contribution in [0.4, 0.5) is 17.6 Å². The zero-order valence-electron chi connectivity index (χ0n) is 9.77. The molecule has 1 nitrogen and oxygen atoms in total. The minimum absolute atomic E-state index is 0.362. The minimum Gasteiger partial charge on any atom is -0.376 e. The third-order valence-corrected chi connectivity index (χ3v) is 2.76. The molecule has 0 fully saturated rings. The molecule has 0 bridgehead atoms. The second kappa shape index (κ2) is 3.98. The van der Waals surface area contributed by atoms with Crippen molar-refractivity contribution in [3.05, 3.63) is 35.6 Å².